The van der Waals surface area contributed by atoms with Crippen LogP contribution in [0.1, 0.15) is 20.3 Å². The van der Waals surface area contributed by atoms with E-state index < -0.39 is 11.4 Å². The van der Waals surface area contributed by atoms with Crippen molar-refractivity contribution >= 4 is 11.9 Å². The molecule has 1 rings (SSSR count). The number of likely N-dealkylation sites (N-methyl/N-ethyl adjacent to an activating group) is 1. The van der Waals surface area contributed by atoms with E-state index in [0.717, 1.165) is 0 Å². The number of carboxylic acids is 1. The third kappa shape index (κ3) is 2.35. The summed E-state index contributed by atoms with van der Waals surface area (Å²) >= 11 is 0. The standard InChI is InChI=1S/C11H20N2O3/c1-8(9(14)12(3)4)13-6-5-11(2,7-13)10(15)16/h8H,5-7H2,1-4H3,(H,15,16). The lowest BCUT2D eigenvalue weighted by Crippen LogP contribution is -2.44. The van der Waals surface area contributed by atoms with Crippen LogP contribution >= 0.6 is 0 Å². The highest BCUT2D eigenvalue weighted by Gasteiger charge is 2.43. The van der Waals surface area contributed by atoms with E-state index in [1.54, 1.807) is 25.9 Å². The minimum absolute atomic E-state index is 0.0228. The summed E-state index contributed by atoms with van der Waals surface area (Å²) in [5, 5.41) is 9.10. The normalized spacial score (nSPS) is 27.8. The molecular weight excluding hydrogens is 208 g/mol. The number of carboxylic acid groups (broad SMARTS) is 1. The van der Waals surface area contributed by atoms with Gasteiger partial charge in [0.15, 0.2) is 0 Å². The van der Waals surface area contributed by atoms with Crippen molar-refractivity contribution in [3.05, 3.63) is 0 Å². The SMILES string of the molecule is CC(C(=O)N(C)C)N1CCC(C)(C(=O)O)C1. The van der Waals surface area contributed by atoms with E-state index in [0.29, 0.717) is 19.5 Å². The van der Waals surface area contributed by atoms with Crippen LogP contribution in [0.15, 0.2) is 0 Å². The maximum atomic E-state index is 11.7. The second kappa shape index (κ2) is 4.41. The summed E-state index contributed by atoms with van der Waals surface area (Å²) in [6.45, 7) is 4.69. The lowest BCUT2D eigenvalue weighted by atomic mass is 9.90. The Hall–Kier alpha value is -1.10. The quantitative estimate of drug-likeness (QED) is 0.752. The van der Waals surface area contributed by atoms with Crippen LogP contribution in [0.4, 0.5) is 0 Å². The van der Waals surface area contributed by atoms with Crippen LogP contribution in [-0.2, 0) is 9.59 Å². The molecule has 1 amide bonds. The van der Waals surface area contributed by atoms with Gasteiger partial charge >= 0.3 is 5.97 Å². The smallest absolute Gasteiger partial charge is 0.310 e. The Balaban J connectivity index is 2.66. The number of hydrogen-bond donors (Lipinski definition) is 1. The average Bonchev–Trinajstić information content (AvgIpc) is 2.60. The summed E-state index contributed by atoms with van der Waals surface area (Å²) in [5.41, 5.74) is -0.707. The first-order valence-electron chi connectivity index (χ1n) is 5.46. The summed E-state index contributed by atoms with van der Waals surface area (Å²) < 4.78 is 0. The first-order valence-corrected chi connectivity index (χ1v) is 5.46. The first-order chi connectivity index (χ1) is 7.28. The van der Waals surface area contributed by atoms with Gasteiger partial charge in [-0.1, -0.05) is 0 Å². The van der Waals surface area contributed by atoms with E-state index in [1.165, 1.54) is 0 Å². The highest BCUT2D eigenvalue weighted by atomic mass is 16.4. The Morgan fingerprint density at radius 1 is 1.44 bits per heavy atom. The molecule has 0 bridgehead atoms. The number of likely N-dealkylation sites (tertiary alicyclic amines) is 1. The van der Waals surface area contributed by atoms with Gasteiger partial charge in [0, 0.05) is 27.2 Å². The number of hydrogen-bond acceptors (Lipinski definition) is 3. The molecule has 0 spiro atoms. The number of aliphatic carboxylic acids is 1. The Morgan fingerprint density at radius 2 is 2.00 bits per heavy atom. The second-order valence-electron chi connectivity index (χ2n) is 4.99. The molecule has 1 N–H and O–H groups in total. The highest BCUT2D eigenvalue weighted by Crippen LogP contribution is 2.31. The van der Waals surface area contributed by atoms with Crippen LogP contribution in [0, 0.1) is 5.41 Å². The van der Waals surface area contributed by atoms with E-state index >= 15 is 0 Å². The van der Waals surface area contributed by atoms with Crippen molar-refractivity contribution < 1.29 is 14.7 Å². The fraction of sp³-hybridized carbons (Fsp3) is 0.818. The van der Waals surface area contributed by atoms with Crippen molar-refractivity contribution in [2.45, 2.75) is 26.3 Å². The van der Waals surface area contributed by atoms with Crippen LogP contribution in [0.2, 0.25) is 0 Å². The Labute approximate surface area is 96.0 Å². The summed E-state index contributed by atoms with van der Waals surface area (Å²) in [6, 6.07) is -0.240. The molecule has 5 nitrogen and oxygen atoms in total. The molecule has 1 saturated heterocycles. The average molecular weight is 228 g/mol. The zero-order valence-corrected chi connectivity index (χ0v) is 10.4. The van der Waals surface area contributed by atoms with Crippen LogP contribution < -0.4 is 0 Å². The van der Waals surface area contributed by atoms with Gasteiger partial charge in [-0.25, -0.2) is 0 Å². The fourth-order valence-corrected chi connectivity index (χ4v) is 2.03. The van der Waals surface area contributed by atoms with Gasteiger partial charge in [-0.3, -0.25) is 14.5 Å². The molecule has 0 saturated carbocycles. The predicted molar refractivity (Wildman–Crippen MR) is 60.1 cm³/mol. The molecule has 1 aliphatic heterocycles. The van der Waals surface area contributed by atoms with Crippen LogP contribution in [0.3, 0.4) is 0 Å². The zero-order valence-electron chi connectivity index (χ0n) is 10.4. The van der Waals surface area contributed by atoms with E-state index in [2.05, 4.69) is 0 Å². The molecule has 2 atom stereocenters. The second-order valence-corrected chi connectivity index (χ2v) is 4.99. The van der Waals surface area contributed by atoms with Gasteiger partial charge in [-0.15, -0.1) is 0 Å². The third-order valence-electron chi connectivity index (χ3n) is 3.37. The van der Waals surface area contributed by atoms with Gasteiger partial charge in [-0.05, 0) is 20.3 Å². The third-order valence-corrected chi connectivity index (χ3v) is 3.37. The Morgan fingerprint density at radius 3 is 2.38 bits per heavy atom. The molecule has 92 valence electrons. The largest absolute Gasteiger partial charge is 0.481 e. The van der Waals surface area contributed by atoms with E-state index in [4.69, 9.17) is 5.11 Å². The van der Waals surface area contributed by atoms with Crippen LogP contribution in [0.5, 0.6) is 0 Å². The number of carbonyl (C=O) groups excluding carboxylic acids is 1. The molecular formula is C11H20N2O3. The van der Waals surface area contributed by atoms with Crippen molar-refractivity contribution in [2.75, 3.05) is 27.2 Å². The Bertz CT molecular complexity index is 304. The number of rotatable bonds is 3. The molecule has 1 heterocycles. The minimum atomic E-state index is -0.778. The van der Waals surface area contributed by atoms with Gasteiger partial charge in [0.2, 0.25) is 5.91 Å². The summed E-state index contributed by atoms with van der Waals surface area (Å²) in [6.07, 6.45) is 0.605. The molecule has 0 aliphatic carbocycles. The molecule has 1 fully saturated rings. The number of amides is 1. The molecule has 5 heteroatoms. The number of nitrogens with zero attached hydrogens (tertiary/aromatic N) is 2. The van der Waals surface area contributed by atoms with Crippen LogP contribution in [0.25, 0.3) is 0 Å². The first kappa shape index (κ1) is 13.0. The molecule has 1 aliphatic rings. The fourth-order valence-electron chi connectivity index (χ4n) is 2.03. The predicted octanol–water partition coefficient (Wildman–Crippen LogP) is 0.260. The van der Waals surface area contributed by atoms with Crippen molar-refractivity contribution in [1.82, 2.24) is 9.80 Å². The van der Waals surface area contributed by atoms with Gasteiger partial charge in [0.25, 0.3) is 0 Å². The molecule has 0 aromatic rings. The van der Waals surface area contributed by atoms with Crippen molar-refractivity contribution in [1.29, 1.82) is 0 Å². The summed E-state index contributed by atoms with van der Waals surface area (Å²) in [5.74, 6) is -0.755. The highest BCUT2D eigenvalue weighted by molar-refractivity contribution is 5.81. The topological polar surface area (TPSA) is 60.9 Å². The lowest BCUT2D eigenvalue weighted by Gasteiger charge is -2.27. The van der Waals surface area contributed by atoms with Gasteiger partial charge in [-0.2, -0.15) is 0 Å². The van der Waals surface area contributed by atoms with Gasteiger partial charge in [0.05, 0.1) is 11.5 Å². The maximum absolute atomic E-state index is 11.7. The molecule has 2 unspecified atom stereocenters. The van der Waals surface area contributed by atoms with Crippen molar-refractivity contribution in [3.8, 4) is 0 Å². The van der Waals surface area contributed by atoms with E-state index in [-0.39, 0.29) is 11.9 Å². The molecule has 0 aromatic carbocycles. The van der Waals surface area contributed by atoms with E-state index in [1.807, 2.05) is 11.8 Å². The van der Waals surface area contributed by atoms with Crippen LogP contribution in [-0.4, -0.2) is 60.0 Å². The summed E-state index contributed by atoms with van der Waals surface area (Å²) in [4.78, 5) is 26.3. The molecule has 0 aromatic heterocycles. The Kier molecular flexibility index (Phi) is 3.57. The van der Waals surface area contributed by atoms with Crippen molar-refractivity contribution in [2.24, 2.45) is 5.41 Å². The lowest BCUT2D eigenvalue weighted by molar-refractivity contribution is -0.147. The maximum Gasteiger partial charge on any atom is 0.310 e. The monoisotopic (exact) mass is 228 g/mol. The van der Waals surface area contributed by atoms with Crippen molar-refractivity contribution in [3.63, 3.8) is 0 Å². The van der Waals surface area contributed by atoms with Gasteiger partial charge < -0.3 is 10.0 Å². The molecule has 16 heavy (non-hydrogen) atoms. The minimum Gasteiger partial charge on any atom is -0.481 e. The summed E-state index contributed by atoms with van der Waals surface area (Å²) in [7, 11) is 3.43. The zero-order chi connectivity index (χ0) is 12.5. The van der Waals surface area contributed by atoms with E-state index in [9.17, 15) is 9.59 Å². The molecule has 0 radical (unpaired) electrons. The number of carbonyl (C=O) groups is 2. The van der Waals surface area contributed by atoms with Gasteiger partial charge in [0.1, 0.15) is 0 Å².